The largest absolute Gasteiger partial charge is 0.508 e. The fourth-order valence-corrected chi connectivity index (χ4v) is 4.22. The standard InChI is InChI=1S/C27H23FN6O3/c1-15(24-20(9-6-10-33(2)3)19-7-4-5-8-21(19)27(36)37-24)34-26-22(25(29)30-14-31-26)23(32-34)16-11-17(28)13-18(35)12-16/h4-5,7-8,11-15,35H,10H2,1-3H3,(H2,29,30,31). The summed E-state index contributed by atoms with van der Waals surface area (Å²) in [6, 6.07) is 10.1. The second kappa shape index (κ2) is 9.37. The monoisotopic (exact) mass is 498 g/mol. The zero-order chi connectivity index (χ0) is 26.3. The lowest BCUT2D eigenvalue weighted by atomic mass is 10.0. The van der Waals surface area contributed by atoms with E-state index >= 15 is 0 Å². The van der Waals surface area contributed by atoms with Gasteiger partial charge in [0.05, 0.1) is 22.9 Å². The maximum atomic E-state index is 14.1. The third-order valence-corrected chi connectivity index (χ3v) is 5.89. The average molecular weight is 499 g/mol. The van der Waals surface area contributed by atoms with Gasteiger partial charge in [-0.05, 0) is 39.2 Å². The number of halogens is 1. The van der Waals surface area contributed by atoms with E-state index in [1.165, 1.54) is 23.1 Å². The van der Waals surface area contributed by atoms with Gasteiger partial charge in [0.2, 0.25) is 0 Å². The van der Waals surface area contributed by atoms with Crippen molar-refractivity contribution in [2.75, 3.05) is 26.4 Å². The van der Waals surface area contributed by atoms with Crippen LogP contribution in [0.3, 0.4) is 0 Å². The average Bonchev–Trinajstić information content (AvgIpc) is 3.25. The lowest BCUT2D eigenvalue weighted by molar-refractivity contribution is 0.402. The van der Waals surface area contributed by atoms with Gasteiger partial charge in [-0.25, -0.2) is 23.8 Å². The maximum absolute atomic E-state index is 14.1. The summed E-state index contributed by atoms with van der Waals surface area (Å²) in [7, 11) is 3.82. The lowest BCUT2D eigenvalue weighted by Gasteiger charge is -2.15. The summed E-state index contributed by atoms with van der Waals surface area (Å²) in [5, 5.41) is 16.1. The van der Waals surface area contributed by atoms with Crippen molar-refractivity contribution in [3.8, 4) is 28.8 Å². The van der Waals surface area contributed by atoms with Gasteiger partial charge in [-0.2, -0.15) is 5.10 Å². The van der Waals surface area contributed by atoms with Crippen LogP contribution >= 0.6 is 0 Å². The van der Waals surface area contributed by atoms with Gasteiger partial charge < -0.3 is 15.3 Å². The zero-order valence-corrected chi connectivity index (χ0v) is 20.4. The number of nitrogen functional groups attached to an aromatic ring is 1. The predicted molar refractivity (Wildman–Crippen MR) is 139 cm³/mol. The Labute approximate surface area is 211 Å². The fourth-order valence-electron chi connectivity index (χ4n) is 4.22. The highest BCUT2D eigenvalue weighted by Crippen LogP contribution is 2.35. The number of nitrogens with zero attached hydrogens (tertiary/aromatic N) is 5. The highest BCUT2D eigenvalue weighted by molar-refractivity contribution is 5.98. The van der Waals surface area contributed by atoms with E-state index in [9.17, 15) is 14.3 Å². The number of rotatable bonds is 4. The van der Waals surface area contributed by atoms with Crippen molar-refractivity contribution < 1.29 is 13.9 Å². The Kier molecular flexibility index (Phi) is 6.07. The summed E-state index contributed by atoms with van der Waals surface area (Å²) < 4.78 is 21.5. The topological polar surface area (TPSA) is 123 Å². The number of hydrogen-bond donors (Lipinski definition) is 2. The summed E-state index contributed by atoms with van der Waals surface area (Å²) >= 11 is 0. The van der Waals surface area contributed by atoms with E-state index in [-0.39, 0.29) is 17.3 Å². The van der Waals surface area contributed by atoms with E-state index in [0.29, 0.717) is 45.2 Å². The van der Waals surface area contributed by atoms with Gasteiger partial charge in [0, 0.05) is 17.0 Å². The number of phenols is 1. The molecule has 10 heteroatoms. The first-order chi connectivity index (χ1) is 17.7. The molecule has 3 heterocycles. The van der Waals surface area contributed by atoms with Crippen LogP contribution in [0.2, 0.25) is 0 Å². The number of benzene rings is 2. The minimum Gasteiger partial charge on any atom is -0.508 e. The van der Waals surface area contributed by atoms with Crippen molar-refractivity contribution in [1.29, 1.82) is 0 Å². The molecule has 0 spiro atoms. The summed E-state index contributed by atoms with van der Waals surface area (Å²) in [5.74, 6) is 5.82. The minimum atomic E-state index is -0.659. The number of anilines is 1. The highest BCUT2D eigenvalue weighted by Gasteiger charge is 2.26. The molecule has 0 amide bonds. The molecule has 0 saturated carbocycles. The molecule has 0 aliphatic heterocycles. The van der Waals surface area contributed by atoms with E-state index in [0.717, 1.165) is 6.07 Å². The smallest absolute Gasteiger partial charge is 0.343 e. The van der Waals surface area contributed by atoms with Gasteiger partial charge in [-0.15, -0.1) is 0 Å². The Morgan fingerprint density at radius 1 is 1.19 bits per heavy atom. The van der Waals surface area contributed by atoms with Gasteiger partial charge in [-0.1, -0.05) is 30.0 Å². The van der Waals surface area contributed by atoms with Crippen molar-refractivity contribution in [2.45, 2.75) is 13.0 Å². The first-order valence-corrected chi connectivity index (χ1v) is 11.4. The lowest BCUT2D eigenvalue weighted by Crippen LogP contribution is -2.15. The number of aromatic nitrogens is 4. The Morgan fingerprint density at radius 2 is 1.95 bits per heavy atom. The van der Waals surface area contributed by atoms with Gasteiger partial charge >= 0.3 is 5.63 Å². The van der Waals surface area contributed by atoms with Gasteiger partial charge in [0.25, 0.3) is 0 Å². The fraction of sp³-hybridized carbons (Fsp3) is 0.185. The number of fused-ring (bicyclic) bond motifs is 2. The van der Waals surface area contributed by atoms with Crippen molar-refractivity contribution in [3.63, 3.8) is 0 Å². The first kappa shape index (κ1) is 24.0. The van der Waals surface area contributed by atoms with Gasteiger partial charge in [-0.3, -0.25) is 4.90 Å². The van der Waals surface area contributed by atoms with Crippen molar-refractivity contribution in [3.05, 3.63) is 76.4 Å². The summed E-state index contributed by atoms with van der Waals surface area (Å²) in [6.45, 7) is 2.30. The third-order valence-electron chi connectivity index (χ3n) is 5.89. The molecule has 3 N–H and O–H groups in total. The van der Waals surface area contributed by atoms with Crippen LogP contribution in [-0.2, 0) is 0 Å². The van der Waals surface area contributed by atoms with E-state index in [1.807, 2.05) is 31.1 Å². The molecule has 0 fully saturated rings. The number of hydrogen-bond acceptors (Lipinski definition) is 8. The molecule has 0 aliphatic rings. The molecule has 5 aromatic rings. The van der Waals surface area contributed by atoms with Crippen LogP contribution in [0.5, 0.6) is 5.75 Å². The van der Waals surface area contributed by atoms with E-state index in [2.05, 4.69) is 26.9 Å². The highest BCUT2D eigenvalue weighted by atomic mass is 19.1. The number of phenolic OH excluding ortho intramolecular Hbond substituents is 1. The van der Waals surface area contributed by atoms with Crippen LogP contribution < -0.4 is 11.4 Å². The Bertz CT molecular complexity index is 1760. The van der Waals surface area contributed by atoms with Crippen LogP contribution in [0.15, 0.2) is 58.0 Å². The second-order valence-corrected chi connectivity index (χ2v) is 8.84. The first-order valence-electron chi connectivity index (χ1n) is 11.4. The third kappa shape index (κ3) is 4.37. The molecular weight excluding hydrogens is 475 g/mol. The molecule has 0 radical (unpaired) electrons. The normalized spacial score (nSPS) is 12.1. The molecule has 5 rings (SSSR count). The quantitative estimate of drug-likeness (QED) is 0.361. The van der Waals surface area contributed by atoms with Crippen LogP contribution in [0, 0.1) is 17.7 Å². The summed E-state index contributed by atoms with van der Waals surface area (Å²) in [5.41, 5.74) is 7.15. The zero-order valence-electron chi connectivity index (χ0n) is 20.4. The molecule has 2 aromatic carbocycles. The number of nitrogens with two attached hydrogens (primary N) is 1. The Morgan fingerprint density at radius 3 is 2.68 bits per heavy atom. The van der Waals surface area contributed by atoms with Crippen molar-refractivity contribution >= 4 is 27.6 Å². The van der Waals surface area contributed by atoms with E-state index in [4.69, 9.17) is 10.2 Å². The Hall–Kier alpha value is -4.75. The van der Waals surface area contributed by atoms with Gasteiger partial charge in [0.15, 0.2) is 5.65 Å². The molecule has 0 bridgehead atoms. The van der Waals surface area contributed by atoms with Crippen molar-refractivity contribution in [2.24, 2.45) is 0 Å². The van der Waals surface area contributed by atoms with Crippen LogP contribution in [0.25, 0.3) is 33.1 Å². The van der Waals surface area contributed by atoms with Gasteiger partial charge in [0.1, 0.15) is 41.2 Å². The van der Waals surface area contributed by atoms with Crippen LogP contribution in [0.4, 0.5) is 10.2 Å². The molecule has 9 nitrogen and oxygen atoms in total. The molecule has 37 heavy (non-hydrogen) atoms. The predicted octanol–water partition coefficient (Wildman–Crippen LogP) is 3.55. The van der Waals surface area contributed by atoms with Crippen LogP contribution in [-0.4, -0.2) is 50.4 Å². The minimum absolute atomic E-state index is 0.133. The van der Waals surface area contributed by atoms with E-state index in [1.54, 1.807) is 19.1 Å². The number of aromatic hydroxyl groups is 1. The molecule has 1 atom stereocenters. The molecule has 0 saturated heterocycles. The molecular formula is C27H23FN6O3. The SMILES string of the molecule is CC(c1oc(=O)c2ccccc2c1C#CCN(C)C)n1nc(-c2cc(O)cc(F)c2)c2c(N)ncnc21. The molecule has 1 unspecified atom stereocenters. The summed E-state index contributed by atoms with van der Waals surface area (Å²) in [4.78, 5) is 23.3. The molecule has 186 valence electrons. The van der Waals surface area contributed by atoms with Crippen LogP contribution in [0.1, 0.15) is 24.3 Å². The Balaban J connectivity index is 1.77. The maximum Gasteiger partial charge on any atom is 0.343 e. The van der Waals surface area contributed by atoms with E-state index < -0.39 is 17.5 Å². The molecule has 3 aromatic heterocycles. The van der Waals surface area contributed by atoms with Crippen molar-refractivity contribution in [1.82, 2.24) is 24.6 Å². The summed E-state index contributed by atoms with van der Waals surface area (Å²) in [6.07, 6.45) is 1.30. The second-order valence-electron chi connectivity index (χ2n) is 8.84. The molecule has 0 aliphatic carbocycles.